The minimum atomic E-state index is 0.524. The van der Waals surface area contributed by atoms with Crippen LogP contribution in [0.25, 0.3) is 0 Å². The fraction of sp³-hybridized carbons (Fsp3) is 0.429. The maximum Gasteiger partial charge on any atom is 0.175 e. The van der Waals surface area contributed by atoms with Gasteiger partial charge in [0.1, 0.15) is 6.61 Å². The van der Waals surface area contributed by atoms with E-state index in [4.69, 9.17) is 9.47 Å². The molecule has 0 bridgehead atoms. The Kier molecular flexibility index (Phi) is 7.79. The summed E-state index contributed by atoms with van der Waals surface area (Å²) < 4.78 is 12.8. The number of hydrogen-bond donors (Lipinski definition) is 1. The molecule has 0 aliphatic heterocycles. The van der Waals surface area contributed by atoms with Crippen molar-refractivity contribution in [3.8, 4) is 11.5 Å². The molecule has 1 N–H and O–H groups in total. The first-order valence-corrected chi connectivity index (χ1v) is 9.63. The third-order valence-corrected chi connectivity index (χ3v) is 4.47. The number of rotatable bonds is 9. The summed E-state index contributed by atoms with van der Waals surface area (Å²) in [5.41, 5.74) is 3.59. The highest BCUT2D eigenvalue weighted by molar-refractivity contribution is 9.10. The van der Waals surface area contributed by atoms with Crippen molar-refractivity contribution in [3.63, 3.8) is 0 Å². The van der Waals surface area contributed by atoms with Gasteiger partial charge in [-0.25, -0.2) is 0 Å². The third kappa shape index (κ3) is 6.05. The van der Waals surface area contributed by atoms with Crippen molar-refractivity contribution in [2.45, 2.75) is 40.8 Å². The fourth-order valence-corrected chi connectivity index (χ4v) is 3.16. The monoisotopic (exact) mass is 405 g/mol. The molecule has 0 aliphatic rings. The molecule has 3 nitrogen and oxygen atoms in total. The molecule has 0 saturated heterocycles. The highest BCUT2D eigenvalue weighted by Crippen LogP contribution is 2.37. The Balaban J connectivity index is 2.14. The molecule has 2 rings (SSSR count). The summed E-state index contributed by atoms with van der Waals surface area (Å²) >= 11 is 3.65. The Bertz CT molecular complexity index is 686. The highest BCUT2D eigenvalue weighted by atomic mass is 79.9. The van der Waals surface area contributed by atoms with Gasteiger partial charge in [-0.1, -0.05) is 38.1 Å². The van der Waals surface area contributed by atoms with Crippen LogP contribution in [0.1, 0.15) is 37.5 Å². The molecule has 0 radical (unpaired) electrons. The molecular formula is C21H28BrNO2. The standard InChI is InChI=1S/C21H28BrNO2/c1-5-24-20-11-17(13-23-12-15(2)3)10-19(22)21(20)25-14-18-9-7-6-8-16(18)4/h6-11,15,23H,5,12-14H2,1-4H3. The van der Waals surface area contributed by atoms with Crippen LogP contribution in [0.2, 0.25) is 0 Å². The van der Waals surface area contributed by atoms with Gasteiger partial charge in [0, 0.05) is 6.54 Å². The number of halogens is 1. The Morgan fingerprint density at radius 3 is 2.56 bits per heavy atom. The lowest BCUT2D eigenvalue weighted by Gasteiger charge is -2.17. The molecule has 2 aromatic rings. The van der Waals surface area contributed by atoms with Crippen LogP contribution in [-0.4, -0.2) is 13.2 Å². The zero-order valence-corrected chi connectivity index (χ0v) is 17.2. The van der Waals surface area contributed by atoms with Crippen LogP contribution >= 0.6 is 15.9 Å². The first-order valence-electron chi connectivity index (χ1n) is 8.84. The van der Waals surface area contributed by atoms with E-state index in [1.54, 1.807) is 0 Å². The van der Waals surface area contributed by atoms with E-state index in [0.717, 1.165) is 29.1 Å². The normalized spacial score (nSPS) is 11.0. The van der Waals surface area contributed by atoms with Crippen LogP contribution in [0.3, 0.4) is 0 Å². The molecule has 0 unspecified atom stereocenters. The van der Waals surface area contributed by atoms with Gasteiger partial charge < -0.3 is 14.8 Å². The smallest absolute Gasteiger partial charge is 0.175 e. The molecule has 0 spiro atoms. The Morgan fingerprint density at radius 2 is 1.88 bits per heavy atom. The first-order chi connectivity index (χ1) is 12.0. The summed E-state index contributed by atoms with van der Waals surface area (Å²) in [6.07, 6.45) is 0. The van der Waals surface area contributed by atoms with Crippen molar-refractivity contribution in [2.24, 2.45) is 5.92 Å². The van der Waals surface area contributed by atoms with Crippen molar-refractivity contribution in [1.82, 2.24) is 5.32 Å². The van der Waals surface area contributed by atoms with Crippen LogP contribution in [-0.2, 0) is 13.2 Å². The van der Waals surface area contributed by atoms with E-state index in [1.807, 2.05) is 19.1 Å². The van der Waals surface area contributed by atoms with Crippen LogP contribution in [0, 0.1) is 12.8 Å². The first kappa shape index (κ1) is 19.8. The predicted octanol–water partition coefficient (Wildman–Crippen LogP) is 5.48. The van der Waals surface area contributed by atoms with Crippen LogP contribution in [0.4, 0.5) is 0 Å². The molecule has 0 saturated carbocycles. The molecule has 0 atom stereocenters. The van der Waals surface area contributed by atoms with E-state index < -0.39 is 0 Å². The van der Waals surface area contributed by atoms with E-state index in [9.17, 15) is 0 Å². The van der Waals surface area contributed by atoms with Crippen molar-refractivity contribution in [1.29, 1.82) is 0 Å². The lowest BCUT2D eigenvalue weighted by atomic mass is 10.1. The number of aryl methyl sites for hydroxylation is 1. The Hall–Kier alpha value is -1.52. The van der Waals surface area contributed by atoms with E-state index in [2.05, 4.69) is 66.3 Å². The van der Waals surface area contributed by atoms with Crippen LogP contribution < -0.4 is 14.8 Å². The second-order valence-electron chi connectivity index (χ2n) is 6.58. The second-order valence-corrected chi connectivity index (χ2v) is 7.43. The maximum atomic E-state index is 6.09. The van der Waals surface area contributed by atoms with Gasteiger partial charge in [0.25, 0.3) is 0 Å². The van der Waals surface area contributed by atoms with Crippen LogP contribution in [0.15, 0.2) is 40.9 Å². The molecule has 0 amide bonds. The summed E-state index contributed by atoms with van der Waals surface area (Å²) in [5, 5.41) is 3.47. The topological polar surface area (TPSA) is 30.5 Å². The van der Waals surface area contributed by atoms with Gasteiger partial charge in [-0.05, 0) is 71.1 Å². The average Bonchev–Trinajstić information content (AvgIpc) is 2.55. The summed E-state index contributed by atoms with van der Waals surface area (Å²) in [4.78, 5) is 0. The summed E-state index contributed by atoms with van der Waals surface area (Å²) in [6.45, 7) is 11.4. The highest BCUT2D eigenvalue weighted by Gasteiger charge is 2.13. The second kappa shape index (κ2) is 9.83. The molecule has 0 heterocycles. The van der Waals surface area contributed by atoms with Crippen molar-refractivity contribution >= 4 is 15.9 Å². The van der Waals surface area contributed by atoms with Gasteiger partial charge in [-0.3, -0.25) is 0 Å². The molecule has 0 aromatic heterocycles. The maximum absolute atomic E-state index is 6.09. The molecule has 0 fully saturated rings. The zero-order chi connectivity index (χ0) is 18.2. The lowest BCUT2D eigenvalue weighted by molar-refractivity contribution is 0.267. The number of nitrogens with one attached hydrogen (secondary N) is 1. The van der Waals surface area contributed by atoms with Gasteiger partial charge in [-0.2, -0.15) is 0 Å². The lowest BCUT2D eigenvalue weighted by Crippen LogP contribution is -2.19. The largest absolute Gasteiger partial charge is 0.490 e. The Morgan fingerprint density at radius 1 is 1.12 bits per heavy atom. The minimum Gasteiger partial charge on any atom is -0.490 e. The van der Waals surface area contributed by atoms with Gasteiger partial charge in [-0.15, -0.1) is 0 Å². The molecule has 2 aromatic carbocycles. The Labute approximate surface area is 159 Å². The molecule has 136 valence electrons. The predicted molar refractivity (Wildman–Crippen MR) is 107 cm³/mol. The molecular weight excluding hydrogens is 378 g/mol. The van der Waals surface area contributed by atoms with Gasteiger partial charge >= 0.3 is 0 Å². The average molecular weight is 406 g/mol. The summed E-state index contributed by atoms with van der Waals surface area (Å²) in [5.74, 6) is 2.18. The van der Waals surface area contributed by atoms with E-state index in [1.165, 1.54) is 16.7 Å². The van der Waals surface area contributed by atoms with Crippen molar-refractivity contribution < 1.29 is 9.47 Å². The van der Waals surface area contributed by atoms with E-state index >= 15 is 0 Å². The van der Waals surface area contributed by atoms with E-state index in [0.29, 0.717) is 19.1 Å². The number of benzene rings is 2. The summed E-state index contributed by atoms with van der Waals surface area (Å²) in [6, 6.07) is 12.4. The molecule has 25 heavy (non-hydrogen) atoms. The van der Waals surface area contributed by atoms with E-state index in [-0.39, 0.29) is 0 Å². The molecule has 4 heteroatoms. The quantitative estimate of drug-likeness (QED) is 0.598. The van der Waals surface area contributed by atoms with Crippen molar-refractivity contribution in [3.05, 3.63) is 57.6 Å². The fourth-order valence-electron chi connectivity index (χ4n) is 2.55. The number of hydrogen-bond acceptors (Lipinski definition) is 3. The van der Waals surface area contributed by atoms with Crippen molar-refractivity contribution in [2.75, 3.05) is 13.2 Å². The number of ether oxygens (including phenoxy) is 2. The third-order valence-electron chi connectivity index (χ3n) is 3.88. The minimum absolute atomic E-state index is 0.524. The molecule has 0 aliphatic carbocycles. The zero-order valence-electron chi connectivity index (χ0n) is 15.6. The van der Waals surface area contributed by atoms with Gasteiger partial charge in [0.15, 0.2) is 11.5 Å². The van der Waals surface area contributed by atoms with Gasteiger partial charge in [0.2, 0.25) is 0 Å². The van der Waals surface area contributed by atoms with Gasteiger partial charge in [0.05, 0.1) is 11.1 Å². The van der Waals surface area contributed by atoms with Crippen LogP contribution in [0.5, 0.6) is 11.5 Å². The SMILES string of the molecule is CCOc1cc(CNCC(C)C)cc(Br)c1OCc1ccccc1C. The summed E-state index contributed by atoms with van der Waals surface area (Å²) in [7, 11) is 0.